The molecule has 9 nitrogen and oxygen atoms in total. The molecule has 1 aliphatic heterocycles. The molecule has 1 heterocycles. The summed E-state index contributed by atoms with van der Waals surface area (Å²) in [7, 11) is 0. The third-order valence-corrected chi connectivity index (χ3v) is 8.69. The molecular formula is C36H35N3O6. The van der Waals surface area contributed by atoms with Gasteiger partial charge in [-0.25, -0.2) is 9.59 Å². The van der Waals surface area contributed by atoms with Gasteiger partial charge in [0.2, 0.25) is 5.91 Å². The fraction of sp³-hybridized carbons (Fsp3) is 0.250. The van der Waals surface area contributed by atoms with Crippen LogP contribution in [-0.2, 0) is 16.0 Å². The predicted molar refractivity (Wildman–Crippen MR) is 170 cm³/mol. The lowest BCUT2D eigenvalue weighted by atomic mass is 10.0. The normalized spacial score (nSPS) is 18.4. The Morgan fingerprint density at radius 1 is 0.844 bits per heavy atom. The van der Waals surface area contributed by atoms with E-state index in [1.165, 1.54) is 4.90 Å². The van der Waals surface area contributed by atoms with Crippen LogP contribution in [-0.4, -0.2) is 51.3 Å². The first kappa shape index (κ1) is 29.9. The SMILES string of the molecule is C[C@H](NC(=O)OC1c2ccccc2-c2ccccc21)C(=O)Nc1ccc(C[C@@H]2CC[C@H](C(O)c3ccccc3)N2C(=O)O)cc1. The zero-order chi connectivity index (χ0) is 31.5. The molecule has 0 radical (unpaired) electrons. The number of carbonyl (C=O) groups excluding carboxylic acids is 2. The first-order valence-electron chi connectivity index (χ1n) is 15.1. The molecule has 4 aromatic rings. The average Bonchev–Trinajstić information content (AvgIpc) is 3.61. The Kier molecular flexibility index (Phi) is 8.53. The quantitative estimate of drug-likeness (QED) is 0.187. The Balaban J connectivity index is 1.03. The van der Waals surface area contributed by atoms with E-state index in [9.17, 15) is 24.6 Å². The van der Waals surface area contributed by atoms with Crippen molar-refractivity contribution >= 4 is 23.8 Å². The number of nitrogens with one attached hydrogen (secondary N) is 2. The van der Waals surface area contributed by atoms with Gasteiger partial charge in [0.05, 0.1) is 12.1 Å². The van der Waals surface area contributed by atoms with E-state index < -0.39 is 42.4 Å². The minimum Gasteiger partial charge on any atom is -0.465 e. The van der Waals surface area contributed by atoms with E-state index in [0.717, 1.165) is 27.8 Å². The summed E-state index contributed by atoms with van der Waals surface area (Å²) in [4.78, 5) is 39.3. The number of benzene rings is 4. The first-order chi connectivity index (χ1) is 21.8. The summed E-state index contributed by atoms with van der Waals surface area (Å²) in [6.45, 7) is 1.59. The smallest absolute Gasteiger partial charge is 0.408 e. The Morgan fingerprint density at radius 3 is 2.07 bits per heavy atom. The summed E-state index contributed by atoms with van der Waals surface area (Å²) in [5.74, 6) is -0.405. The summed E-state index contributed by atoms with van der Waals surface area (Å²) in [6.07, 6.45) is -1.53. The van der Waals surface area contributed by atoms with Crippen LogP contribution in [0.25, 0.3) is 11.1 Å². The monoisotopic (exact) mass is 605 g/mol. The molecule has 0 bridgehead atoms. The number of hydrogen-bond acceptors (Lipinski definition) is 5. The number of nitrogens with zero attached hydrogens (tertiary/aromatic N) is 1. The topological polar surface area (TPSA) is 128 Å². The molecule has 0 saturated carbocycles. The van der Waals surface area contributed by atoms with E-state index in [0.29, 0.717) is 30.5 Å². The number of carboxylic acid groups (broad SMARTS) is 1. The maximum atomic E-state index is 12.9. The molecule has 1 unspecified atom stereocenters. The van der Waals surface area contributed by atoms with Crippen molar-refractivity contribution in [2.75, 3.05) is 5.32 Å². The number of alkyl carbamates (subject to hydrolysis) is 1. The molecule has 45 heavy (non-hydrogen) atoms. The minimum atomic E-state index is -1.05. The standard InChI is InChI=1S/C36H35N3O6/c1-22(37-35(42)45-33-29-13-7-5-11-27(29)28-12-6-8-14-30(28)33)34(41)38-25-17-15-23(16-18-25)21-26-19-20-31(39(26)36(43)44)32(40)24-9-3-2-4-10-24/h2-18,22,26,31-33,40H,19-21H2,1H3,(H,37,42)(H,38,41)(H,43,44)/t22-,26-,31+,32?/m0/s1. The summed E-state index contributed by atoms with van der Waals surface area (Å²) < 4.78 is 5.80. The molecule has 4 atom stereocenters. The van der Waals surface area contributed by atoms with E-state index in [-0.39, 0.29) is 6.04 Å². The van der Waals surface area contributed by atoms with E-state index in [4.69, 9.17) is 4.74 Å². The van der Waals surface area contributed by atoms with E-state index in [2.05, 4.69) is 10.6 Å². The zero-order valence-electron chi connectivity index (χ0n) is 24.8. The highest BCUT2D eigenvalue weighted by Crippen LogP contribution is 2.45. The van der Waals surface area contributed by atoms with Gasteiger partial charge in [-0.1, -0.05) is 91.0 Å². The highest BCUT2D eigenvalue weighted by atomic mass is 16.6. The summed E-state index contributed by atoms with van der Waals surface area (Å²) in [5.41, 5.74) is 5.99. The highest BCUT2D eigenvalue weighted by Gasteiger charge is 2.41. The second-order valence-electron chi connectivity index (χ2n) is 11.6. The van der Waals surface area contributed by atoms with Crippen molar-refractivity contribution in [3.63, 3.8) is 0 Å². The van der Waals surface area contributed by atoms with Gasteiger partial charge in [0.1, 0.15) is 6.04 Å². The van der Waals surface area contributed by atoms with Crippen LogP contribution in [0.15, 0.2) is 103 Å². The summed E-state index contributed by atoms with van der Waals surface area (Å²) in [5, 5.41) is 26.3. The maximum Gasteiger partial charge on any atom is 0.408 e. The maximum absolute atomic E-state index is 12.9. The van der Waals surface area contributed by atoms with Crippen LogP contribution >= 0.6 is 0 Å². The number of amides is 3. The summed E-state index contributed by atoms with van der Waals surface area (Å²) in [6, 6.07) is 30.2. The molecular weight excluding hydrogens is 570 g/mol. The molecule has 3 amide bonds. The number of aliphatic hydroxyl groups excluding tert-OH is 1. The van der Waals surface area contributed by atoms with Crippen LogP contribution in [0.1, 0.15) is 54.2 Å². The lowest BCUT2D eigenvalue weighted by Gasteiger charge is -2.31. The van der Waals surface area contributed by atoms with Crippen LogP contribution in [0.4, 0.5) is 15.3 Å². The molecule has 9 heteroatoms. The minimum absolute atomic E-state index is 0.277. The van der Waals surface area contributed by atoms with Crippen LogP contribution in [0.5, 0.6) is 0 Å². The number of aliphatic hydroxyl groups is 1. The van der Waals surface area contributed by atoms with Gasteiger partial charge in [-0.15, -0.1) is 0 Å². The van der Waals surface area contributed by atoms with Crippen molar-refractivity contribution in [2.24, 2.45) is 0 Å². The van der Waals surface area contributed by atoms with Crippen molar-refractivity contribution in [1.29, 1.82) is 0 Å². The van der Waals surface area contributed by atoms with Gasteiger partial charge in [-0.05, 0) is 60.6 Å². The van der Waals surface area contributed by atoms with Crippen LogP contribution < -0.4 is 10.6 Å². The van der Waals surface area contributed by atoms with Gasteiger partial charge in [0, 0.05) is 22.9 Å². The Morgan fingerprint density at radius 2 is 1.44 bits per heavy atom. The van der Waals surface area contributed by atoms with Gasteiger partial charge in [0.25, 0.3) is 0 Å². The third-order valence-electron chi connectivity index (χ3n) is 8.69. The molecule has 230 valence electrons. The fourth-order valence-electron chi connectivity index (χ4n) is 6.46. The van der Waals surface area contributed by atoms with Crippen LogP contribution in [0, 0.1) is 0 Å². The molecule has 4 N–H and O–H groups in total. The third kappa shape index (κ3) is 6.25. The zero-order valence-corrected chi connectivity index (χ0v) is 24.8. The predicted octanol–water partition coefficient (Wildman–Crippen LogP) is 6.30. The van der Waals surface area contributed by atoms with Crippen molar-refractivity contribution in [3.8, 4) is 11.1 Å². The molecule has 2 aliphatic rings. The number of fused-ring (bicyclic) bond motifs is 3. The average molecular weight is 606 g/mol. The number of carbonyl (C=O) groups is 3. The van der Waals surface area contributed by atoms with E-state index >= 15 is 0 Å². The van der Waals surface area contributed by atoms with Gasteiger partial charge in [-0.3, -0.25) is 9.69 Å². The first-order valence-corrected chi connectivity index (χ1v) is 15.1. The molecule has 0 spiro atoms. The number of ether oxygens (including phenoxy) is 1. The lowest BCUT2D eigenvalue weighted by Crippen LogP contribution is -2.44. The molecule has 1 saturated heterocycles. The van der Waals surface area contributed by atoms with Gasteiger partial charge < -0.3 is 25.6 Å². The molecule has 4 aromatic carbocycles. The van der Waals surface area contributed by atoms with E-state index in [1.807, 2.05) is 78.9 Å². The lowest BCUT2D eigenvalue weighted by molar-refractivity contribution is -0.117. The van der Waals surface area contributed by atoms with Gasteiger partial charge in [0.15, 0.2) is 6.10 Å². The second-order valence-corrected chi connectivity index (χ2v) is 11.6. The van der Waals surface area contributed by atoms with Gasteiger partial charge >= 0.3 is 12.2 Å². The van der Waals surface area contributed by atoms with Crippen LogP contribution in [0.3, 0.4) is 0 Å². The number of rotatable bonds is 8. The number of anilines is 1. The largest absolute Gasteiger partial charge is 0.465 e. The van der Waals surface area contributed by atoms with Crippen molar-refractivity contribution in [3.05, 3.63) is 125 Å². The number of likely N-dealkylation sites (tertiary alicyclic amines) is 1. The Bertz CT molecular complexity index is 1650. The Hall–Kier alpha value is -5.15. The van der Waals surface area contributed by atoms with Crippen LogP contribution in [0.2, 0.25) is 0 Å². The molecule has 6 rings (SSSR count). The Labute approximate surface area is 261 Å². The van der Waals surface area contributed by atoms with Crippen molar-refractivity contribution in [2.45, 2.75) is 56.5 Å². The molecule has 1 fully saturated rings. The number of hydrogen-bond donors (Lipinski definition) is 4. The fourth-order valence-corrected chi connectivity index (χ4v) is 6.46. The van der Waals surface area contributed by atoms with Crippen molar-refractivity contribution < 1.29 is 29.3 Å². The highest BCUT2D eigenvalue weighted by molar-refractivity contribution is 5.96. The molecule has 0 aromatic heterocycles. The second kappa shape index (κ2) is 12.8. The van der Waals surface area contributed by atoms with Gasteiger partial charge in [-0.2, -0.15) is 0 Å². The van der Waals surface area contributed by atoms with Crippen molar-refractivity contribution in [1.82, 2.24) is 10.2 Å². The summed E-state index contributed by atoms with van der Waals surface area (Å²) >= 11 is 0. The van der Waals surface area contributed by atoms with E-state index in [1.54, 1.807) is 31.2 Å². The molecule has 1 aliphatic carbocycles.